The van der Waals surface area contributed by atoms with Gasteiger partial charge < -0.3 is 10.1 Å². The molecule has 1 aromatic rings. The third kappa shape index (κ3) is 4.38. The molecule has 0 spiro atoms. The summed E-state index contributed by atoms with van der Waals surface area (Å²) in [7, 11) is -6.19. The Labute approximate surface area is 145 Å². The van der Waals surface area contributed by atoms with E-state index in [4.69, 9.17) is 16.3 Å². The number of carbonyl (C=O) groups is 1. The van der Waals surface area contributed by atoms with Gasteiger partial charge in [0.05, 0.1) is 30.0 Å². The average molecular weight is 397 g/mol. The summed E-state index contributed by atoms with van der Waals surface area (Å²) in [6, 6.07) is 3.18. The lowest BCUT2D eigenvalue weighted by atomic mass is 10.3. The number of methoxy groups -OCH3 is 1. The van der Waals surface area contributed by atoms with Gasteiger partial charge in [0.1, 0.15) is 10.6 Å². The van der Waals surface area contributed by atoms with Crippen LogP contribution in [0.5, 0.6) is 5.75 Å². The van der Waals surface area contributed by atoms with Crippen molar-refractivity contribution in [1.82, 2.24) is 4.72 Å². The lowest BCUT2D eigenvalue weighted by molar-refractivity contribution is -0.114. The van der Waals surface area contributed by atoms with Gasteiger partial charge in [0.25, 0.3) is 0 Å². The minimum absolute atomic E-state index is 0.0589. The number of halogens is 1. The fourth-order valence-electron chi connectivity index (χ4n) is 2.34. The van der Waals surface area contributed by atoms with Crippen molar-refractivity contribution in [3.8, 4) is 5.75 Å². The van der Waals surface area contributed by atoms with Crippen molar-refractivity contribution >= 4 is 43.1 Å². The van der Waals surface area contributed by atoms with Crippen LogP contribution in [0.1, 0.15) is 6.92 Å². The monoisotopic (exact) mass is 396 g/mol. The first-order valence-electron chi connectivity index (χ1n) is 6.86. The summed E-state index contributed by atoms with van der Waals surface area (Å²) in [4.78, 5) is 10.9. The molecule has 24 heavy (non-hydrogen) atoms. The number of hydrogen-bond acceptors (Lipinski definition) is 6. The molecule has 1 aliphatic rings. The lowest BCUT2D eigenvalue weighted by Crippen LogP contribution is -2.40. The Morgan fingerprint density at radius 3 is 2.50 bits per heavy atom. The Morgan fingerprint density at radius 1 is 1.33 bits per heavy atom. The normalized spacial score (nSPS) is 23.0. The van der Waals surface area contributed by atoms with Crippen LogP contribution in [0.15, 0.2) is 23.1 Å². The molecule has 2 atom stereocenters. The number of rotatable bonds is 5. The number of anilines is 1. The number of ether oxygens (including phenoxy) is 1. The number of carbonyl (C=O) groups excluding carboxylic acids is 1. The molecule has 0 radical (unpaired) electrons. The van der Waals surface area contributed by atoms with Gasteiger partial charge >= 0.3 is 0 Å². The second kappa shape index (κ2) is 6.87. The number of sulfone groups is 1. The molecule has 1 amide bonds. The fraction of sp³-hybridized carbons (Fsp3) is 0.462. The lowest BCUT2D eigenvalue weighted by Gasteiger charge is -2.17. The zero-order valence-electron chi connectivity index (χ0n) is 12.9. The topological polar surface area (TPSA) is 119 Å². The molecule has 0 aromatic heterocycles. The highest BCUT2D eigenvalue weighted by atomic mass is 35.5. The molecule has 2 rings (SSSR count). The second-order valence-electron chi connectivity index (χ2n) is 5.37. The number of benzene rings is 1. The third-order valence-corrected chi connectivity index (χ3v) is 7.25. The van der Waals surface area contributed by atoms with Gasteiger partial charge in [-0.25, -0.2) is 21.6 Å². The van der Waals surface area contributed by atoms with Crippen LogP contribution in [0.2, 0.25) is 0 Å². The Morgan fingerprint density at radius 2 is 2.00 bits per heavy atom. The Hall–Kier alpha value is -1.36. The zero-order valence-corrected chi connectivity index (χ0v) is 15.3. The van der Waals surface area contributed by atoms with Crippen molar-refractivity contribution in [1.29, 1.82) is 0 Å². The summed E-state index contributed by atoms with van der Waals surface area (Å²) in [5.41, 5.74) is 0.269. The van der Waals surface area contributed by atoms with E-state index in [1.54, 1.807) is 0 Å². The van der Waals surface area contributed by atoms with E-state index in [1.807, 2.05) is 0 Å². The Kier molecular flexibility index (Phi) is 5.43. The van der Waals surface area contributed by atoms with Gasteiger partial charge in [0.2, 0.25) is 15.9 Å². The number of amides is 1. The Balaban J connectivity index is 2.36. The van der Waals surface area contributed by atoms with Crippen LogP contribution in [0.25, 0.3) is 0 Å². The van der Waals surface area contributed by atoms with Crippen LogP contribution in [0.4, 0.5) is 5.69 Å². The van der Waals surface area contributed by atoms with E-state index >= 15 is 0 Å². The van der Waals surface area contributed by atoms with E-state index in [1.165, 1.54) is 32.2 Å². The minimum atomic E-state index is -4.10. The Bertz CT molecular complexity index is 853. The third-order valence-electron chi connectivity index (χ3n) is 3.36. The van der Waals surface area contributed by atoms with Crippen molar-refractivity contribution in [2.75, 3.05) is 23.9 Å². The van der Waals surface area contributed by atoms with E-state index in [0.29, 0.717) is 0 Å². The number of nitrogens with one attached hydrogen (secondary N) is 2. The number of hydrogen-bond donors (Lipinski definition) is 2. The maximum atomic E-state index is 12.6. The molecule has 0 aliphatic carbocycles. The molecule has 1 aliphatic heterocycles. The molecule has 134 valence electrons. The summed E-state index contributed by atoms with van der Waals surface area (Å²) in [6.07, 6.45) is 0. The van der Waals surface area contributed by atoms with Crippen molar-refractivity contribution in [2.45, 2.75) is 23.2 Å². The predicted molar refractivity (Wildman–Crippen MR) is 89.7 cm³/mol. The second-order valence-corrected chi connectivity index (χ2v) is 9.76. The summed E-state index contributed by atoms with van der Waals surface area (Å²) < 4.78 is 55.7. The molecule has 2 N–H and O–H groups in total. The first-order valence-corrected chi connectivity index (χ1v) is 10.6. The van der Waals surface area contributed by atoms with E-state index in [9.17, 15) is 21.6 Å². The van der Waals surface area contributed by atoms with E-state index in [-0.39, 0.29) is 33.7 Å². The van der Waals surface area contributed by atoms with Crippen LogP contribution >= 0.6 is 11.6 Å². The molecule has 0 bridgehead atoms. The first kappa shape index (κ1) is 19.0. The molecule has 1 aromatic carbocycles. The predicted octanol–water partition coefficient (Wildman–Crippen LogP) is 0.336. The molecular formula is C13H17ClN2O6S2. The zero-order chi connectivity index (χ0) is 18.1. The molecule has 1 fully saturated rings. The van der Waals surface area contributed by atoms with Crippen molar-refractivity contribution in [2.24, 2.45) is 0 Å². The average Bonchev–Trinajstić information content (AvgIpc) is 2.69. The van der Waals surface area contributed by atoms with Crippen LogP contribution in [0, 0.1) is 0 Å². The number of sulfonamides is 1. The summed E-state index contributed by atoms with van der Waals surface area (Å²) in [5, 5.41) is 1.62. The minimum Gasteiger partial charge on any atom is -0.495 e. The molecule has 1 heterocycles. The van der Waals surface area contributed by atoms with Crippen molar-refractivity contribution in [3.05, 3.63) is 18.2 Å². The largest absolute Gasteiger partial charge is 0.495 e. The van der Waals surface area contributed by atoms with Gasteiger partial charge in [-0.2, -0.15) is 0 Å². The highest BCUT2D eigenvalue weighted by Crippen LogP contribution is 2.28. The van der Waals surface area contributed by atoms with Crippen LogP contribution < -0.4 is 14.8 Å². The standard InChI is InChI=1S/C13H17ClN2O6S2/c1-8(17)15-9-3-4-12(22-2)13(5-9)24(20,21)16-11-7-23(18,19)6-10(11)14/h3-5,10-11,16H,6-7H2,1-2H3,(H,15,17)/t10-,11+/m1/s1. The van der Waals surface area contributed by atoms with Crippen LogP contribution in [-0.4, -0.2) is 52.8 Å². The number of alkyl halides is 1. The summed E-state index contributed by atoms with van der Waals surface area (Å²) in [6.45, 7) is 1.29. The molecule has 1 saturated heterocycles. The van der Waals surface area contributed by atoms with Crippen molar-refractivity contribution in [3.63, 3.8) is 0 Å². The summed E-state index contributed by atoms with van der Waals surface area (Å²) >= 11 is 5.94. The van der Waals surface area contributed by atoms with Crippen LogP contribution in [-0.2, 0) is 24.7 Å². The summed E-state index contributed by atoms with van der Waals surface area (Å²) in [5.74, 6) is -0.957. The van der Waals surface area contributed by atoms with Gasteiger partial charge in [-0.1, -0.05) is 0 Å². The van der Waals surface area contributed by atoms with Crippen LogP contribution in [0.3, 0.4) is 0 Å². The molecular weight excluding hydrogens is 380 g/mol. The van der Waals surface area contributed by atoms with Gasteiger partial charge in [-0.15, -0.1) is 11.6 Å². The SMILES string of the molecule is COc1ccc(NC(C)=O)cc1S(=O)(=O)N[C@H]1CS(=O)(=O)C[C@H]1Cl. The fourth-order valence-corrected chi connectivity index (χ4v) is 6.54. The van der Waals surface area contributed by atoms with E-state index in [2.05, 4.69) is 10.0 Å². The van der Waals surface area contributed by atoms with E-state index < -0.39 is 31.3 Å². The first-order chi connectivity index (χ1) is 11.0. The van der Waals surface area contributed by atoms with Crippen molar-refractivity contribution < 1.29 is 26.4 Å². The van der Waals surface area contributed by atoms with E-state index in [0.717, 1.165) is 0 Å². The molecule has 11 heteroatoms. The quantitative estimate of drug-likeness (QED) is 0.692. The van der Waals surface area contributed by atoms with Gasteiger partial charge in [0.15, 0.2) is 9.84 Å². The maximum absolute atomic E-state index is 12.6. The maximum Gasteiger partial charge on any atom is 0.244 e. The smallest absolute Gasteiger partial charge is 0.244 e. The molecule has 0 saturated carbocycles. The highest BCUT2D eigenvalue weighted by molar-refractivity contribution is 7.92. The van der Waals surface area contributed by atoms with Gasteiger partial charge in [-0.05, 0) is 18.2 Å². The van der Waals surface area contributed by atoms with Gasteiger partial charge in [-0.3, -0.25) is 4.79 Å². The van der Waals surface area contributed by atoms with Gasteiger partial charge in [0, 0.05) is 12.6 Å². The molecule has 0 unspecified atom stereocenters. The molecule has 8 nitrogen and oxygen atoms in total. The highest BCUT2D eigenvalue weighted by Gasteiger charge is 2.39.